The molecule has 0 spiro atoms. The molecule has 0 fully saturated rings. The van der Waals surface area contributed by atoms with Crippen molar-refractivity contribution in [2.75, 3.05) is 0 Å². The zero-order chi connectivity index (χ0) is 13.1. The van der Waals surface area contributed by atoms with Gasteiger partial charge in [0.25, 0.3) is 0 Å². The van der Waals surface area contributed by atoms with Gasteiger partial charge in [0, 0.05) is 0 Å². The molecule has 0 radical (unpaired) electrons. The lowest BCUT2D eigenvalue weighted by atomic mass is 10.1. The third kappa shape index (κ3) is 2.51. The molecular formula is C15H14O3. The van der Waals surface area contributed by atoms with Crippen LogP contribution in [0.3, 0.4) is 0 Å². The molecular weight excluding hydrogens is 228 g/mol. The van der Waals surface area contributed by atoms with Crippen molar-refractivity contribution >= 4 is 5.97 Å². The number of aryl methyl sites for hydroxylation is 2. The van der Waals surface area contributed by atoms with E-state index < -0.39 is 5.97 Å². The number of aromatic hydroxyl groups is 1. The minimum absolute atomic E-state index is 0.201. The van der Waals surface area contributed by atoms with Gasteiger partial charge in [-0.25, -0.2) is 4.79 Å². The van der Waals surface area contributed by atoms with E-state index in [9.17, 15) is 9.90 Å². The second-order valence-electron chi connectivity index (χ2n) is 4.16. The smallest absolute Gasteiger partial charge is 0.343 e. The Morgan fingerprint density at radius 1 is 1.06 bits per heavy atom. The predicted molar refractivity (Wildman–Crippen MR) is 69.0 cm³/mol. The summed E-state index contributed by atoms with van der Waals surface area (Å²) in [6, 6.07) is 12.0. The zero-order valence-corrected chi connectivity index (χ0v) is 10.3. The molecule has 0 heterocycles. The highest BCUT2D eigenvalue weighted by atomic mass is 16.5. The first-order chi connectivity index (χ1) is 8.58. The van der Waals surface area contributed by atoms with Crippen LogP contribution in [0.4, 0.5) is 0 Å². The van der Waals surface area contributed by atoms with Crippen molar-refractivity contribution in [1.29, 1.82) is 0 Å². The highest BCUT2D eigenvalue weighted by Crippen LogP contribution is 2.27. The molecule has 0 aromatic heterocycles. The van der Waals surface area contributed by atoms with Gasteiger partial charge in [0.15, 0.2) is 0 Å². The largest absolute Gasteiger partial charge is 0.508 e. The van der Waals surface area contributed by atoms with Crippen molar-refractivity contribution in [2.24, 2.45) is 0 Å². The van der Waals surface area contributed by atoms with Crippen LogP contribution in [0.5, 0.6) is 11.5 Å². The molecule has 1 N–H and O–H groups in total. The number of phenolic OH excluding ortho intramolecular Hbond substituents is 1. The number of ether oxygens (including phenoxy) is 1. The molecule has 3 nitrogen and oxygen atoms in total. The van der Waals surface area contributed by atoms with E-state index in [1.807, 2.05) is 6.07 Å². The van der Waals surface area contributed by atoms with Crippen molar-refractivity contribution in [1.82, 2.24) is 0 Å². The summed E-state index contributed by atoms with van der Waals surface area (Å²) in [5, 5.41) is 9.54. The maximum absolute atomic E-state index is 11.9. The molecule has 0 amide bonds. The van der Waals surface area contributed by atoms with Crippen LogP contribution in [-0.2, 0) is 0 Å². The van der Waals surface area contributed by atoms with Crippen molar-refractivity contribution in [3.05, 3.63) is 59.2 Å². The molecule has 0 unspecified atom stereocenters. The van der Waals surface area contributed by atoms with Gasteiger partial charge in [-0.3, -0.25) is 0 Å². The van der Waals surface area contributed by atoms with Crippen LogP contribution < -0.4 is 4.74 Å². The Balaban J connectivity index is 2.25. The molecule has 0 aliphatic rings. The number of benzene rings is 2. The first-order valence-electron chi connectivity index (χ1n) is 5.65. The molecule has 2 aromatic rings. The number of esters is 1. The second-order valence-corrected chi connectivity index (χ2v) is 4.16. The molecule has 2 rings (SSSR count). The Hall–Kier alpha value is -2.29. The van der Waals surface area contributed by atoms with Crippen LogP contribution in [0.2, 0.25) is 0 Å². The lowest BCUT2D eigenvalue weighted by Gasteiger charge is -2.09. The Morgan fingerprint density at radius 3 is 2.39 bits per heavy atom. The molecule has 3 heteroatoms. The van der Waals surface area contributed by atoms with Gasteiger partial charge in [0.05, 0.1) is 5.56 Å². The molecule has 0 aliphatic heterocycles. The molecule has 0 aliphatic carbocycles. The van der Waals surface area contributed by atoms with Crippen LogP contribution in [0.15, 0.2) is 42.5 Å². The van der Waals surface area contributed by atoms with Crippen molar-refractivity contribution in [3.63, 3.8) is 0 Å². The van der Waals surface area contributed by atoms with Gasteiger partial charge < -0.3 is 9.84 Å². The Morgan fingerprint density at radius 2 is 1.72 bits per heavy atom. The van der Waals surface area contributed by atoms with Gasteiger partial charge in [0.1, 0.15) is 11.5 Å². The topological polar surface area (TPSA) is 46.5 Å². The third-order valence-corrected chi connectivity index (χ3v) is 2.71. The molecule has 18 heavy (non-hydrogen) atoms. The molecule has 2 aromatic carbocycles. The Bertz CT molecular complexity index is 574. The van der Waals surface area contributed by atoms with Gasteiger partial charge in [0.2, 0.25) is 0 Å². The van der Waals surface area contributed by atoms with Gasteiger partial charge in [-0.2, -0.15) is 0 Å². The Kier molecular flexibility index (Phi) is 3.33. The van der Waals surface area contributed by atoms with Gasteiger partial charge in [-0.05, 0) is 49.2 Å². The van der Waals surface area contributed by atoms with Gasteiger partial charge in [-0.15, -0.1) is 0 Å². The van der Waals surface area contributed by atoms with E-state index in [1.54, 1.807) is 50.2 Å². The van der Waals surface area contributed by atoms with Crippen LogP contribution in [0.25, 0.3) is 0 Å². The van der Waals surface area contributed by atoms with Crippen molar-refractivity contribution < 1.29 is 14.6 Å². The van der Waals surface area contributed by atoms with E-state index >= 15 is 0 Å². The molecule has 0 atom stereocenters. The van der Waals surface area contributed by atoms with E-state index in [1.165, 1.54) is 0 Å². The van der Waals surface area contributed by atoms with Crippen LogP contribution in [0, 0.1) is 13.8 Å². The maximum atomic E-state index is 11.9. The number of hydrogen-bond donors (Lipinski definition) is 1. The number of carbonyl (C=O) groups excluding carboxylic acids is 1. The fraction of sp³-hybridized carbons (Fsp3) is 0.133. The van der Waals surface area contributed by atoms with E-state index in [0.29, 0.717) is 16.9 Å². The fourth-order valence-electron chi connectivity index (χ4n) is 1.62. The highest BCUT2D eigenvalue weighted by Gasteiger charge is 2.11. The SMILES string of the molecule is Cc1cc(OC(=O)c2ccccc2)c(C)cc1O. The summed E-state index contributed by atoms with van der Waals surface area (Å²) in [5.41, 5.74) is 1.90. The minimum atomic E-state index is -0.399. The van der Waals surface area contributed by atoms with E-state index in [-0.39, 0.29) is 5.75 Å². The van der Waals surface area contributed by atoms with Gasteiger partial charge >= 0.3 is 5.97 Å². The summed E-state index contributed by atoms with van der Waals surface area (Å²) < 4.78 is 5.32. The Labute approximate surface area is 106 Å². The van der Waals surface area contributed by atoms with Crippen LogP contribution in [0.1, 0.15) is 21.5 Å². The van der Waals surface area contributed by atoms with Gasteiger partial charge in [-0.1, -0.05) is 18.2 Å². The summed E-state index contributed by atoms with van der Waals surface area (Å²) in [6.07, 6.45) is 0. The summed E-state index contributed by atoms with van der Waals surface area (Å²) in [6.45, 7) is 3.54. The standard InChI is InChI=1S/C15H14O3/c1-10-9-14(11(2)8-13(10)16)18-15(17)12-6-4-3-5-7-12/h3-9,16H,1-2H3. The minimum Gasteiger partial charge on any atom is -0.508 e. The maximum Gasteiger partial charge on any atom is 0.343 e. The van der Waals surface area contributed by atoms with E-state index in [4.69, 9.17) is 4.74 Å². The number of hydrogen-bond acceptors (Lipinski definition) is 3. The van der Waals surface area contributed by atoms with Crippen LogP contribution >= 0.6 is 0 Å². The first-order valence-corrected chi connectivity index (χ1v) is 5.65. The van der Waals surface area contributed by atoms with Crippen LogP contribution in [-0.4, -0.2) is 11.1 Å². The summed E-state index contributed by atoms with van der Waals surface area (Å²) in [5.74, 6) is 0.273. The fourth-order valence-corrected chi connectivity index (χ4v) is 1.62. The summed E-state index contributed by atoms with van der Waals surface area (Å²) >= 11 is 0. The average Bonchev–Trinajstić information content (AvgIpc) is 2.37. The average molecular weight is 242 g/mol. The second kappa shape index (κ2) is 4.92. The zero-order valence-electron chi connectivity index (χ0n) is 10.3. The van der Waals surface area contributed by atoms with Crippen molar-refractivity contribution in [2.45, 2.75) is 13.8 Å². The first kappa shape index (κ1) is 12.2. The lowest BCUT2D eigenvalue weighted by Crippen LogP contribution is -2.09. The number of phenols is 1. The van der Waals surface area contributed by atoms with Crippen molar-refractivity contribution in [3.8, 4) is 11.5 Å². The highest BCUT2D eigenvalue weighted by molar-refractivity contribution is 5.91. The number of carbonyl (C=O) groups is 1. The monoisotopic (exact) mass is 242 g/mol. The third-order valence-electron chi connectivity index (χ3n) is 2.71. The molecule has 0 bridgehead atoms. The normalized spacial score (nSPS) is 10.1. The molecule has 0 saturated heterocycles. The molecule has 0 saturated carbocycles. The predicted octanol–water partition coefficient (Wildman–Crippen LogP) is 3.23. The number of rotatable bonds is 2. The van der Waals surface area contributed by atoms with E-state index in [0.717, 1.165) is 5.56 Å². The van der Waals surface area contributed by atoms with E-state index in [2.05, 4.69) is 0 Å². The molecule has 92 valence electrons. The summed E-state index contributed by atoms with van der Waals surface area (Å²) in [7, 11) is 0. The quantitative estimate of drug-likeness (QED) is 0.649. The lowest BCUT2D eigenvalue weighted by molar-refractivity contribution is 0.0733. The summed E-state index contributed by atoms with van der Waals surface area (Å²) in [4.78, 5) is 11.9.